The summed E-state index contributed by atoms with van der Waals surface area (Å²) in [5.41, 5.74) is 4.04. The van der Waals surface area contributed by atoms with Gasteiger partial charge >= 0.3 is 0 Å². The van der Waals surface area contributed by atoms with Gasteiger partial charge in [-0.2, -0.15) is 5.10 Å². The molecule has 3 aromatic rings. The molecule has 4 bridgehead atoms. The molecule has 7 nitrogen and oxygen atoms in total. The van der Waals surface area contributed by atoms with Crippen LogP contribution in [0.1, 0.15) is 10.5 Å². The van der Waals surface area contributed by atoms with E-state index in [4.69, 9.17) is 0 Å². The van der Waals surface area contributed by atoms with Gasteiger partial charge in [-0.05, 0) is 23.8 Å². The van der Waals surface area contributed by atoms with Gasteiger partial charge in [0.25, 0.3) is 5.91 Å². The maximum absolute atomic E-state index is 12.3. The largest absolute Gasteiger partial charge is 0.384 e. The third kappa shape index (κ3) is 2.81. The molecule has 7 heteroatoms. The Morgan fingerprint density at radius 3 is 2.83 bits per heavy atom. The van der Waals surface area contributed by atoms with Gasteiger partial charge in [-0.25, -0.2) is 9.50 Å². The molecule has 1 aliphatic rings. The van der Waals surface area contributed by atoms with Crippen molar-refractivity contribution in [1.82, 2.24) is 25.2 Å². The number of amides is 1. The molecule has 1 amide bonds. The van der Waals surface area contributed by atoms with Crippen molar-refractivity contribution in [2.75, 3.05) is 31.5 Å². The zero-order valence-corrected chi connectivity index (χ0v) is 13.1. The fourth-order valence-electron chi connectivity index (χ4n) is 2.77. The number of benzene rings is 1. The summed E-state index contributed by atoms with van der Waals surface area (Å²) >= 11 is 0. The molecule has 122 valence electrons. The molecule has 3 heterocycles. The molecule has 0 aliphatic carbocycles. The van der Waals surface area contributed by atoms with Gasteiger partial charge in [0.15, 0.2) is 5.65 Å². The van der Waals surface area contributed by atoms with E-state index in [9.17, 15) is 4.79 Å². The number of anilines is 1. The van der Waals surface area contributed by atoms with E-state index in [1.165, 1.54) is 0 Å². The topological polar surface area (TPSA) is 83.4 Å². The molecule has 1 aliphatic heterocycles. The molecule has 0 radical (unpaired) electrons. The summed E-state index contributed by atoms with van der Waals surface area (Å²) in [6.45, 7) is 2.91. The molecule has 3 N–H and O–H groups in total. The molecule has 0 saturated carbocycles. The van der Waals surface area contributed by atoms with Crippen molar-refractivity contribution in [1.29, 1.82) is 0 Å². The third-order valence-electron chi connectivity index (χ3n) is 3.99. The highest BCUT2D eigenvalue weighted by molar-refractivity contribution is 5.93. The van der Waals surface area contributed by atoms with Crippen molar-refractivity contribution in [2.24, 2.45) is 0 Å². The zero-order chi connectivity index (χ0) is 16.4. The summed E-state index contributed by atoms with van der Waals surface area (Å²) in [4.78, 5) is 16.8. The molecule has 4 rings (SSSR count). The number of hydrogen-bond acceptors (Lipinski definition) is 5. The van der Waals surface area contributed by atoms with Crippen LogP contribution in [-0.2, 0) is 0 Å². The molecule has 0 spiro atoms. The Labute approximate surface area is 139 Å². The monoisotopic (exact) mass is 322 g/mol. The lowest BCUT2D eigenvalue weighted by Gasteiger charge is -2.09. The Balaban J connectivity index is 1.82. The Kier molecular flexibility index (Phi) is 3.84. The van der Waals surface area contributed by atoms with E-state index < -0.39 is 0 Å². The van der Waals surface area contributed by atoms with Crippen molar-refractivity contribution in [3.8, 4) is 11.1 Å². The Morgan fingerprint density at radius 2 is 1.92 bits per heavy atom. The summed E-state index contributed by atoms with van der Waals surface area (Å²) in [6.07, 6.45) is 3.54. The lowest BCUT2D eigenvalue weighted by atomic mass is 10.1. The van der Waals surface area contributed by atoms with Crippen LogP contribution in [-0.4, -0.2) is 46.7 Å². The van der Waals surface area contributed by atoms with Gasteiger partial charge in [-0.3, -0.25) is 4.79 Å². The average Bonchev–Trinajstić information content (AvgIpc) is 3.03. The Hall–Kier alpha value is -2.93. The van der Waals surface area contributed by atoms with E-state index in [1.807, 2.05) is 18.2 Å². The summed E-state index contributed by atoms with van der Waals surface area (Å²) in [6, 6.07) is 9.82. The van der Waals surface area contributed by atoms with E-state index in [1.54, 1.807) is 23.0 Å². The van der Waals surface area contributed by atoms with Crippen molar-refractivity contribution in [3.05, 3.63) is 48.4 Å². The van der Waals surface area contributed by atoms with Crippen molar-refractivity contribution >= 4 is 17.2 Å². The van der Waals surface area contributed by atoms with Crippen LogP contribution >= 0.6 is 0 Å². The molecule has 0 saturated heterocycles. The minimum absolute atomic E-state index is 0.173. The van der Waals surface area contributed by atoms with Crippen molar-refractivity contribution in [2.45, 2.75) is 0 Å². The SMILES string of the molecule is O=C1NCCNCCNc2cccc(c2)-c2cnn3ccc1nc23. The summed E-state index contributed by atoms with van der Waals surface area (Å²) in [5.74, 6) is -0.173. The smallest absolute Gasteiger partial charge is 0.270 e. The van der Waals surface area contributed by atoms with E-state index in [-0.39, 0.29) is 5.91 Å². The van der Waals surface area contributed by atoms with E-state index >= 15 is 0 Å². The highest BCUT2D eigenvalue weighted by atomic mass is 16.1. The molecule has 0 unspecified atom stereocenters. The first-order valence-electron chi connectivity index (χ1n) is 7.99. The van der Waals surface area contributed by atoms with Crippen molar-refractivity contribution in [3.63, 3.8) is 0 Å². The summed E-state index contributed by atoms with van der Waals surface area (Å²) < 4.78 is 1.69. The van der Waals surface area contributed by atoms with Crippen LogP contribution in [0.2, 0.25) is 0 Å². The zero-order valence-electron chi connectivity index (χ0n) is 13.1. The lowest BCUT2D eigenvalue weighted by Crippen LogP contribution is -2.34. The van der Waals surface area contributed by atoms with Gasteiger partial charge < -0.3 is 16.0 Å². The quantitative estimate of drug-likeness (QED) is 0.578. The van der Waals surface area contributed by atoms with Crippen LogP contribution in [0.4, 0.5) is 5.69 Å². The molecule has 24 heavy (non-hydrogen) atoms. The second-order valence-corrected chi connectivity index (χ2v) is 5.65. The maximum Gasteiger partial charge on any atom is 0.270 e. The Morgan fingerprint density at radius 1 is 1.04 bits per heavy atom. The standard InChI is InChI=1S/C17H18N6O/c24-17-15-4-9-23-16(22-15)14(11-21-23)12-2-1-3-13(10-12)19-7-5-18-6-8-20-17/h1-4,9-11,18-19H,5-8H2,(H,20,24). The Bertz CT molecular complexity index is 888. The number of carbonyl (C=O) groups is 1. The first kappa shape index (κ1) is 14.6. The highest BCUT2D eigenvalue weighted by Gasteiger charge is 2.13. The number of hydrogen-bond donors (Lipinski definition) is 3. The number of fused-ring (bicyclic) bond motifs is 4. The second-order valence-electron chi connectivity index (χ2n) is 5.65. The molecule has 0 fully saturated rings. The van der Waals surface area contributed by atoms with Crippen LogP contribution < -0.4 is 16.0 Å². The van der Waals surface area contributed by atoms with E-state index in [0.717, 1.165) is 29.9 Å². The van der Waals surface area contributed by atoms with Crippen molar-refractivity contribution < 1.29 is 4.79 Å². The number of nitrogens with zero attached hydrogens (tertiary/aromatic N) is 3. The predicted octanol–water partition coefficient (Wildman–Crippen LogP) is 1.14. The molecule has 2 aromatic heterocycles. The van der Waals surface area contributed by atoms with Gasteiger partial charge in [0.05, 0.1) is 6.20 Å². The lowest BCUT2D eigenvalue weighted by molar-refractivity contribution is 0.0949. The molecular formula is C17H18N6O. The summed E-state index contributed by atoms with van der Waals surface area (Å²) in [7, 11) is 0. The van der Waals surface area contributed by atoms with Crippen LogP contribution in [0.25, 0.3) is 16.8 Å². The van der Waals surface area contributed by atoms with Gasteiger partial charge in [-0.1, -0.05) is 12.1 Å². The fraction of sp³-hybridized carbons (Fsp3) is 0.235. The first-order chi connectivity index (χ1) is 11.8. The first-order valence-corrected chi connectivity index (χ1v) is 7.99. The third-order valence-corrected chi connectivity index (χ3v) is 3.99. The average molecular weight is 322 g/mol. The van der Waals surface area contributed by atoms with Gasteiger partial charge in [0.2, 0.25) is 0 Å². The van der Waals surface area contributed by atoms with Gasteiger partial charge in [0.1, 0.15) is 5.69 Å². The normalized spacial score (nSPS) is 15.4. The molecule has 1 aromatic carbocycles. The molecule has 0 atom stereocenters. The van der Waals surface area contributed by atoms with E-state index in [2.05, 4.69) is 32.1 Å². The van der Waals surface area contributed by atoms with Gasteiger partial charge in [-0.15, -0.1) is 0 Å². The number of nitrogens with one attached hydrogen (secondary N) is 3. The van der Waals surface area contributed by atoms with Crippen LogP contribution in [0.3, 0.4) is 0 Å². The predicted molar refractivity (Wildman–Crippen MR) is 92.1 cm³/mol. The number of aromatic nitrogens is 3. The van der Waals surface area contributed by atoms with Crippen LogP contribution in [0, 0.1) is 0 Å². The highest BCUT2D eigenvalue weighted by Crippen LogP contribution is 2.25. The number of rotatable bonds is 0. The van der Waals surface area contributed by atoms with Gasteiger partial charge in [0, 0.05) is 43.6 Å². The van der Waals surface area contributed by atoms with E-state index in [0.29, 0.717) is 24.4 Å². The summed E-state index contributed by atoms with van der Waals surface area (Å²) in [5, 5.41) is 13.9. The minimum atomic E-state index is -0.173. The number of carbonyl (C=O) groups excluding carboxylic acids is 1. The second kappa shape index (κ2) is 6.29. The fourth-order valence-corrected chi connectivity index (χ4v) is 2.77. The van der Waals surface area contributed by atoms with Crippen LogP contribution in [0.5, 0.6) is 0 Å². The van der Waals surface area contributed by atoms with Crippen LogP contribution in [0.15, 0.2) is 42.7 Å². The molecular weight excluding hydrogens is 304 g/mol. The maximum atomic E-state index is 12.3. The minimum Gasteiger partial charge on any atom is -0.384 e.